The summed E-state index contributed by atoms with van der Waals surface area (Å²) < 4.78 is 25.5. The Morgan fingerprint density at radius 1 is 1.00 bits per heavy atom. The molecule has 1 unspecified atom stereocenters. The molecule has 2 N–H and O–H groups in total. The standard InChI is InChI=1S/C16H18N2O2S/c1-21(19,20)18-16-9-5-4-8-15(16)17-14-11-10-12-6-2-3-7-13(12)14/h2-9,14,17-18H,10-11H2,1H3. The molecule has 1 aliphatic rings. The van der Waals surface area contributed by atoms with Crippen LogP contribution in [0.5, 0.6) is 0 Å². The van der Waals surface area contributed by atoms with Crippen molar-refractivity contribution in [2.45, 2.75) is 18.9 Å². The van der Waals surface area contributed by atoms with Crippen LogP contribution >= 0.6 is 0 Å². The van der Waals surface area contributed by atoms with Gasteiger partial charge in [0.2, 0.25) is 10.0 Å². The third kappa shape index (κ3) is 3.19. The van der Waals surface area contributed by atoms with Crippen LogP contribution in [0.15, 0.2) is 48.5 Å². The summed E-state index contributed by atoms with van der Waals surface area (Å²) in [6.07, 6.45) is 3.23. The molecule has 3 rings (SSSR count). The topological polar surface area (TPSA) is 58.2 Å². The molecule has 0 saturated heterocycles. The van der Waals surface area contributed by atoms with E-state index in [9.17, 15) is 8.42 Å². The lowest BCUT2D eigenvalue weighted by Gasteiger charge is -2.18. The van der Waals surface area contributed by atoms with Crippen LogP contribution in [0.25, 0.3) is 0 Å². The van der Waals surface area contributed by atoms with Gasteiger partial charge in [-0.3, -0.25) is 4.72 Å². The Balaban J connectivity index is 1.87. The number of anilines is 2. The minimum absolute atomic E-state index is 0.226. The first-order valence-electron chi connectivity index (χ1n) is 6.94. The van der Waals surface area contributed by atoms with Crippen molar-refractivity contribution in [1.82, 2.24) is 0 Å². The zero-order chi connectivity index (χ0) is 14.9. The number of sulfonamides is 1. The zero-order valence-electron chi connectivity index (χ0n) is 11.8. The summed E-state index contributed by atoms with van der Waals surface area (Å²) in [5, 5.41) is 3.46. The second-order valence-electron chi connectivity index (χ2n) is 5.35. The number of para-hydroxylation sites is 2. The average molecular weight is 302 g/mol. The number of rotatable bonds is 4. The van der Waals surface area contributed by atoms with Crippen molar-refractivity contribution in [3.05, 3.63) is 59.7 Å². The first-order valence-corrected chi connectivity index (χ1v) is 8.83. The Labute approximate surface area is 125 Å². The molecule has 21 heavy (non-hydrogen) atoms. The lowest BCUT2D eigenvalue weighted by Crippen LogP contribution is -2.13. The molecule has 0 radical (unpaired) electrons. The van der Waals surface area contributed by atoms with E-state index in [1.54, 1.807) is 6.07 Å². The van der Waals surface area contributed by atoms with Crippen molar-refractivity contribution < 1.29 is 8.42 Å². The highest BCUT2D eigenvalue weighted by atomic mass is 32.2. The molecule has 1 aliphatic carbocycles. The monoisotopic (exact) mass is 302 g/mol. The summed E-state index contributed by atoms with van der Waals surface area (Å²) in [6.45, 7) is 0. The predicted octanol–water partition coefficient (Wildman–Crippen LogP) is 3.16. The fourth-order valence-electron chi connectivity index (χ4n) is 2.79. The van der Waals surface area contributed by atoms with E-state index in [-0.39, 0.29) is 6.04 Å². The van der Waals surface area contributed by atoms with Crippen LogP contribution in [0.4, 0.5) is 11.4 Å². The molecular weight excluding hydrogens is 284 g/mol. The second kappa shape index (κ2) is 5.41. The van der Waals surface area contributed by atoms with E-state index in [2.05, 4.69) is 28.2 Å². The molecule has 0 spiro atoms. The van der Waals surface area contributed by atoms with Crippen LogP contribution < -0.4 is 10.0 Å². The average Bonchev–Trinajstić information content (AvgIpc) is 2.83. The van der Waals surface area contributed by atoms with Gasteiger partial charge in [-0.25, -0.2) is 8.42 Å². The van der Waals surface area contributed by atoms with Crippen LogP contribution in [0.3, 0.4) is 0 Å². The van der Waals surface area contributed by atoms with Gasteiger partial charge in [0.25, 0.3) is 0 Å². The van der Waals surface area contributed by atoms with Crippen LogP contribution in [-0.4, -0.2) is 14.7 Å². The fourth-order valence-corrected chi connectivity index (χ4v) is 3.37. The molecule has 0 saturated carbocycles. The number of hydrogen-bond donors (Lipinski definition) is 2. The summed E-state index contributed by atoms with van der Waals surface area (Å²) in [5.41, 5.74) is 4.06. The Morgan fingerprint density at radius 3 is 2.43 bits per heavy atom. The van der Waals surface area contributed by atoms with Gasteiger partial charge in [0.1, 0.15) is 0 Å². The van der Waals surface area contributed by atoms with Gasteiger partial charge in [0, 0.05) is 0 Å². The maximum Gasteiger partial charge on any atom is 0.229 e. The van der Waals surface area contributed by atoms with Gasteiger partial charge in [0.05, 0.1) is 23.7 Å². The van der Waals surface area contributed by atoms with Gasteiger partial charge in [-0.2, -0.15) is 0 Å². The summed E-state index contributed by atoms with van der Waals surface area (Å²) in [4.78, 5) is 0. The molecule has 1 atom stereocenters. The van der Waals surface area contributed by atoms with Crippen LogP contribution in [0.1, 0.15) is 23.6 Å². The van der Waals surface area contributed by atoms with Gasteiger partial charge < -0.3 is 5.32 Å². The summed E-state index contributed by atoms with van der Waals surface area (Å²) in [6, 6.07) is 16.0. The van der Waals surface area contributed by atoms with Crippen molar-refractivity contribution >= 4 is 21.4 Å². The lowest BCUT2D eigenvalue weighted by atomic mass is 10.1. The zero-order valence-corrected chi connectivity index (χ0v) is 12.7. The molecule has 2 aromatic carbocycles. The highest BCUT2D eigenvalue weighted by Gasteiger charge is 2.22. The maximum atomic E-state index is 11.4. The minimum Gasteiger partial charge on any atom is -0.377 e. The first kappa shape index (κ1) is 13.9. The fraction of sp³-hybridized carbons (Fsp3) is 0.250. The molecule has 4 nitrogen and oxygen atoms in total. The van der Waals surface area contributed by atoms with Crippen molar-refractivity contribution in [2.24, 2.45) is 0 Å². The molecule has 0 heterocycles. The van der Waals surface area contributed by atoms with E-state index in [1.165, 1.54) is 11.1 Å². The SMILES string of the molecule is CS(=O)(=O)Nc1ccccc1NC1CCc2ccccc21. The summed E-state index contributed by atoms with van der Waals surface area (Å²) in [5.74, 6) is 0. The van der Waals surface area contributed by atoms with E-state index in [0.717, 1.165) is 24.8 Å². The summed E-state index contributed by atoms with van der Waals surface area (Å²) >= 11 is 0. The molecule has 110 valence electrons. The third-order valence-corrected chi connectivity index (χ3v) is 4.28. The van der Waals surface area contributed by atoms with Gasteiger partial charge in [0.15, 0.2) is 0 Å². The minimum atomic E-state index is -3.28. The van der Waals surface area contributed by atoms with Gasteiger partial charge in [-0.05, 0) is 36.1 Å². The number of hydrogen-bond acceptors (Lipinski definition) is 3. The van der Waals surface area contributed by atoms with Crippen molar-refractivity contribution in [3.63, 3.8) is 0 Å². The van der Waals surface area contributed by atoms with E-state index in [0.29, 0.717) is 5.69 Å². The smallest absolute Gasteiger partial charge is 0.229 e. The van der Waals surface area contributed by atoms with Crippen molar-refractivity contribution in [3.8, 4) is 0 Å². The summed E-state index contributed by atoms with van der Waals surface area (Å²) in [7, 11) is -3.28. The number of nitrogens with one attached hydrogen (secondary N) is 2. The molecular formula is C16H18N2O2S. The third-order valence-electron chi connectivity index (χ3n) is 3.69. The second-order valence-corrected chi connectivity index (χ2v) is 7.10. The van der Waals surface area contributed by atoms with E-state index >= 15 is 0 Å². The highest BCUT2D eigenvalue weighted by molar-refractivity contribution is 7.92. The Bertz CT molecular complexity index is 756. The van der Waals surface area contributed by atoms with Crippen LogP contribution in [0.2, 0.25) is 0 Å². The molecule has 2 aromatic rings. The predicted molar refractivity (Wildman–Crippen MR) is 86.0 cm³/mol. The number of aryl methyl sites for hydroxylation is 1. The van der Waals surface area contributed by atoms with Gasteiger partial charge in [-0.15, -0.1) is 0 Å². The van der Waals surface area contributed by atoms with Crippen LogP contribution in [-0.2, 0) is 16.4 Å². The molecule has 0 aliphatic heterocycles. The maximum absolute atomic E-state index is 11.4. The Hall–Kier alpha value is -2.01. The van der Waals surface area contributed by atoms with E-state index in [4.69, 9.17) is 0 Å². The Kier molecular flexibility index (Phi) is 3.59. The van der Waals surface area contributed by atoms with Gasteiger partial charge in [-0.1, -0.05) is 36.4 Å². The van der Waals surface area contributed by atoms with Gasteiger partial charge >= 0.3 is 0 Å². The van der Waals surface area contributed by atoms with Crippen LogP contribution in [0, 0.1) is 0 Å². The van der Waals surface area contributed by atoms with Crippen molar-refractivity contribution in [1.29, 1.82) is 0 Å². The molecule has 0 bridgehead atoms. The number of benzene rings is 2. The molecule has 5 heteroatoms. The van der Waals surface area contributed by atoms with Crippen molar-refractivity contribution in [2.75, 3.05) is 16.3 Å². The quantitative estimate of drug-likeness (QED) is 0.912. The lowest BCUT2D eigenvalue weighted by molar-refractivity contribution is 0.607. The van der Waals surface area contributed by atoms with E-state index in [1.807, 2.05) is 24.3 Å². The normalized spacial score (nSPS) is 17.3. The number of fused-ring (bicyclic) bond motifs is 1. The first-order chi connectivity index (χ1) is 10.0. The Morgan fingerprint density at radius 2 is 1.67 bits per heavy atom. The van der Waals surface area contributed by atoms with E-state index < -0.39 is 10.0 Å². The molecule has 0 fully saturated rings. The largest absolute Gasteiger partial charge is 0.377 e. The molecule has 0 aromatic heterocycles. The highest BCUT2D eigenvalue weighted by Crippen LogP contribution is 2.35. The molecule has 0 amide bonds.